The van der Waals surface area contributed by atoms with Crippen LogP contribution >= 0.6 is 0 Å². The third kappa shape index (κ3) is 3.99. The Kier molecular flexibility index (Phi) is 5.33. The average molecular weight is 342 g/mol. The minimum absolute atomic E-state index is 0.0368. The highest BCUT2D eigenvalue weighted by molar-refractivity contribution is 5.50. The molecule has 0 amide bonds. The van der Waals surface area contributed by atoms with Gasteiger partial charge in [-0.2, -0.15) is 0 Å². The molecule has 0 aromatic carbocycles. The largest absolute Gasteiger partial charge is 0.377 e. The van der Waals surface area contributed by atoms with E-state index in [1.54, 1.807) is 24.0 Å². The summed E-state index contributed by atoms with van der Waals surface area (Å²) >= 11 is 0. The van der Waals surface area contributed by atoms with Crippen LogP contribution in [0.15, 0.2) is 35.6 Å². The van der Waals surface area contributed by atoms with Crippen molar-refractivity contribution in [1.29, 1.82) is 0 Å². The highest BCUT2D eigenvalue weighted by atomic mass is 16.1. The fourth-order valence-corrected chi connectivity index (χ4v) is 3.28. The molecule has 7 heteroatoms. The van der Waals surface area contributed by atoms with E-state index in [-0.39, 0.29) is 5.56 Å². The van der Waals surface area contributed by atoms with E-state index in [9.17, 15) is 4.79 Å². The maximum atomic E-state index is 12.3. The molecule has 1 aliphatic heterocycles. The first-order valence-electron chi connectivity index (χ1n) is 8.66. The summed E-state index contributed by atoms with van der Waals surface area (Å²) < 4.78 is 1.58. The molecule has 0 saturated carbocycles. The van der Waals surface area contributed by atoms with Gasteiger partial charge < -0.3 is 19.7 Å². The van der Waals surface area contributed by atoms with E-state index in [0.717, 1.165) is 32.5 Å². The van der Waals surface area contributed by atoms with Crippen molar-refractivity contribution < 1.29 is 0 Å². The van der Waals surface area contributed by atoms with E-state index in [4.69, 9.17) is 0 Å². The molecule has 134 valence electrons. The molecule has 3 rings (SSSR count). The molecule has 2 aromatic heterocycles. The van der Waals surface area contributed by atoms with Gasteiger partial charge in [0.1, 0.15) is 0 Å². The maximum absolute atomic E-state index is 12.3. The van der Waals surface area contributed by atoms with Gasteiger partial charge in [0, 0.05) is 82.9 Å². The molecule has 0 aliphatic carbocycles. The Bertz CT molecular complexity index is 772. The number of aromatic nitrogens is 3. The second-order valence-electron chi connectivity index (χ2n) is 6.73. The van der Waals surface area contributed by atoms with Crippen molar-refractivity contribution in [3.63, 3.8) is 0 Å². The average Bonchev–Trinajstić information content (AvgIpc) is 2.62. The number of nitrogens with one attached hydrogen (secondary N) is 1. The molecule has 0 spiro atoms. The van der Waals surface area contributed by atoms with E-state index >= 15 is 0 Å². The van der Waals surface area contributed by atoms with Crippen molar-refractivity contribution in [2.45, 2.75) is 25.4 Å². The molecular formula is C18H26N6O. The van der Waals surface area contributed by atoms with Crippen LogP contribution in [-0.4, -0.2) is 47.8 Å². The molecule has 1 fully saturated rings. The molecule has 1 N–H and O–H groups in total. The minimum atomic E-state index is -0.0368. The van der Waals surface area contributed by atoms with Gasteiger partial charge in [-0.15, -0.1) is 0 Å². The van der Waals surface area contributed by atoms with Gasteiger partial charge in [0.25, 0.3) is 5.56 Å². The van der Waals surface area contributed by atoms with Crippen molar-refractivity contribution in [3.05, 3.63) is 46.8 Å². The molecule has 1 unspecified atom stereocenters. The Morgan fingerprint density at radius 3 is 3.00 bits per heavy atom. The highest BCUT2D eigenvalue weighted by Gasteiger charge is 2.23. The number of nitrogens with zero attached hydrogens (tertiary/aromatic N) is 5. The second kappa shape index (κ2) is 7.65. The summed E-state index contributed by atoms with van der Waals surface area (Å²) in [6, 6.07) is 2.36. The molecule has 0 bridgehead atoms. The second-order valence-corrected chi connectivity index (χ2v) is 6.73. The Labute approximate surface area is 148 Å². The standard InChI is InChI=1S/C18H26N6O/c1-22(2)16-6-7-19-11-14(16)12-21-15-5-4-9-24(13-15)17-18(25)23(3)10-8-20-17/h6-8,10-11,15,21H,4-5,9,12-13H2,1-3H3. The third-order valence-electron chi connectivity index (χ3n) is 4.66. The normalized spacial score (nSPS) is 17.6. The first-order valence-corrected chi connectivity index (χ1v) is 8.66. The zero-order valence-corrected chi connectivity index (χ0v) is 15.1. The smallest absolute Gasteiger partial charge is 0.293 e. The van der Waals surface area contributed by atoms with Crippen LogP contribution in [0.3, 0.4) is 0 Å². The number of pyridine rings is 1. The van der Waals surface area contributed by atoms with E-state index in [1.807, 2.05) is 32.6 Å². The number of piperidine rings is 1. The van der Waals surface area contributed by atoms with E-state index < -0.39 is 0 Å². The third-order valence-corrected chi connectivity index (χ3v) is 4.66. The van der Waals surface area contributed by atoms with Crippen molar-refractivity contribution >= 4 is 11.5 Å². The number of hydrogen-bond donors (Lipinski definition) is 1. The Balaban J connectivity index is 1.67. The lowest BCUT2D eigenvalue weighted by molar-refractivity contribution is 0.419. The summed E-state index contributed by atoms with van der Waals surface area (Å²) in [4.78, 5) is 25.0. The van der Waals surface area contributed by atoms with Gasteiger partial charge in [-0.3, -0.25) is 9.78 Å². The number of hydrogen-bond acceptors (Lipinski definition) is 6. The van der Waals surface area contributed by atoms with Crippen molar-refractivity contribution in [1.82, 2.24) is 19.9 Å². The quantitative estimate of drug-likeness (QED) is 0.874. The zero-order valence-electron chi connectivity index (χ0n) is 15.1. The summed E-state index contributed by atoms with van der Waals surface area (Å²) in [6.07, 6.45) is 9.26. The molecule has 25 heavy (non-hydrogen) atoms. The van der Waals surface area contributed by atoms with Gasteiger partial charge in [0.2, 0.25) is 0 Å². The lowest BCUT2D eigenvalue weighted by atomic mass is 10.1. The summed E-state index contributed by atoms with van der Waals surface area (Å²) in [6.45, 7) is 2.43. The Morgan fingerprint density at radius 2 is 2.20 bits per heavy atom. The Morgan fingerprint density at radius 1 is 1.36 bits per heavy atom. The molecule has 2 aromatic rings. The monoisotopic (exact) mass is 342 g/mol. The topological polar surface area (TPSA) is 66.3 Å². The fraction of sp³-hybridized carbons (Fsp3) is 0.500. The molecule has 3 heterocycles. The first kappa shape index (κ1) is 17.4. The predicted octanol–water partition coefficient (Wildman–Crippen LogP) is 1.000. The minimum Gasteiger partial charge on any atom is -0.377 e. The van der Waals surface area contributed by atoms with Crippen molar-refractivity contribution in [3.8, 4) is 0 Å². The van der Waals surface area contributed by atoms with E-state index in [0.29, 0.717) is 11.9 Å². The number of anilines is 2. The lowest BCUT2D eigenvalue weighted by Crippen LogP contribution is -2.47. The van der Waals surface area contributed by atoms with Crippen LogP contribution in [-0.2, 0) is 13.6 Å². The highest BCUT2D eigenvalue weighted by Crippen LogP contribution is 2.18. The van der Waals surface area contributed by atoms with E-state index in [2.05, 4.69) is 25.1 Å². The molecule has 1 saturated heterocycles. The van der Waals surface area contributed by atoms with Crippen LogP contribution in [0.5, 0.6) is 0 Å². The van der Waals surface area contributed by atoms with Gasteiger partial charge in [-0.25, -0.2) is 4.98 Å². The van der Waals surface area contributed by atoms with Crippen LogP contribution in [0.25, 0.3) is 0 Å². The lowest BCUT2D eigenvalue weighted by Gasteiger charge is -2.34. The van der Waals surface area contributed by atoms with E-state index in [1.165, 1.54) is 11.3 Å². The maximum Gasteiger partial charge on any atom is 0.293 e. The summed E-state index contributed by atoms with van der Waals surface area (Å²) in [5, 5.41) is 3.62. The van der Waals surface area contributed by atoms with Crippen molar-refractivity contribution in [2.24, 2.45) is 7.05 Å². The zero-order chi connectivity index (χ0) is 17.8. The van der Waals surface area contributed by atoms with Crippen LogP contribution in [0, 0.1) is 0 Å². The predicted molar refractivity (Wildman–Crippen MR) is 100 cm³/mol. The van der Waals surface area contributed by atoms with Gasteiger partial charge in [-0.1, -0.05) is 0 Å². The first-order chi connectivity index (χ1) is 12.1. The molecule has 1 aliphatic rings. The number of aryl methyl sites for hydroxylation is 1. The van der Waals surface area contributed by atoms with Gasteiger partial charge in [0.05, 0.1) is 0 Å². The van der Waals surface area contributed by atoms with Gasteiger partial charge >= 0.3 is 0 Å². The van der Waals surface area contributed by atoms with Crippen molar-refractivity contribution in [2.75, 3.05) is 37.0 Å². The fourth-order valence-electron chi connectivity index (χ4n) is 3.28. The summed E-state index contributed by atoms with van der Waals surface area (Å²) in [5.41, 5.74) is 2.32. The molecule has 7 nitrogen and oxygen atoms in total. The van der Waals surface area contributed by atoms with Crippen LogP contribution in [0.4, 0.5) is 11.5 Å². The van der Waals surface area contributed by atoms with Gasteiger partial charge in [0.15, 0.2) is 5.82 Å². The van der Waals surface area contributed by atoms with Crippen LogP contribution in [0.1, 0.15) is 18.4 Å². The molecule has 1 atom stereocenters. The summed E-state index contributed by atoms with van der Waals surface area (Å²) in [7, 11) is 5.84. The molecular weight excluding hydrogens is 316 g/mol. The van der Waals surface area contributed by atoms with Crippen LogP contribution in [0.2, 0.25) is 0 Å². The number of rotatable bonds is 5. The molecule has 0 radical (unpaired) electrons. The SMILES string of the molecule is CN(C)c1ccncc1CNC1CCCN(c2nccn(C)c2=O)C1. The summed E-state index contributed by atoms with van der Waals surface area (Å²) in [5.74, 6) is 0.548. The van der Waals surface area contributed by atoms with Gasteiger partial charge in [-0.05, 0) is 18.9 Å². The van der Waals surface area contributed by atoms with Crippen LogP contribution < -0.4 is 20.7 Å². The Hall–Kier alpha value is -2.41.